The molecule has 0 aliphatic carbocycles. The third-order valence-electron chi connectivity index (χ3n) is 3.68. The molecule has 2 unspecified atom stereocenters. The van der Waals surface area contributed by atoms with E-state index in [1.54, 1.807) is 0 Å². The number of nitrogens with one attached hydrogen (secondary N) is 2. The summed E-state index contributed by atoms with van der Waals surface area (Å²) in [6.07, 6.45) is 2.36. The summed E-state index contributed by atoms with van der Waals surface area (Å²) in [4.78, 5) is 12.0. The maximum absolute atomic E-state index is 12.0. The van der Waals surface area contributed by atoms with Crippen molar-refractivity contribution < 1.29 is 4.79 Å². The average Bonchev–Trinajstić information content (AvgIpc) is 2.46. The molecule has 0 radical (unpaired) electrons. The van der Waals surface area contributed by atoms with Gasteiger partial charge in [-0.05, 0) is 44.3 Å². The first-order chi connectivity index (χ1) is 9.16. The van der Waals surface area contributed by atoms with Crippen LogP contribution in [0.15, 0.2) is 24.3 Å². The van der Waals surface area contributed by atoms with Gasteiger partial charge in [0.1, 0.15) is 6.04 Å². The summed E-state index contributed by atoms with van der Waals surface area (Å²) in [6, 6.07) is 7.22. The number of carbonyl (C=O) groups excluding carboxylic acids is 1. The predicted molar refractivity (Wildman–Crippen MR) is 76.7 cm³/mol. The van der Waals surface area contributed by atoms with Gasteiger partial charge in [0.25, 0.3) is 0 Å². The molecule has 104 valence electrons. The van der Waals surface area contributed by atoms with Gasteiger partial charge in [-0.15, -0.1) is 0 Å². The van der Waals surface area contributed by atoms with Crippen LogP contribution in [0.25, 0.3) is 0 Å². The van der Waals surface area contributed by atoms with E-state index in [-0.39, 0.29) is 5.91 Å². The Morgan fingerprint density at radius 2 is 2.21 bits per heavy atom. The molecular formula is C15H23N3O. The second-order valence-electron chi connectivity index (χ2n) is 5.35. The Hall–Kier alpha value is -1.39. The minimum Gasteiger partial charge on any atom is -0.354 e. The van der Waals surface area contributed by atoms with Crippen LogP contribution in [-0.4, -0.2) is 25.5 Å². The van der Waals surface area contributed by atoms with Crippen LogP contribution in [0, 0.1) is 12.8 Å². The first-order valence-corrected chi connectivity index (χ1v) is 6.97. The third-order valence-corrected chi connectivity index (χ3v) is 3.68. The van der Waals surface area contributed by atoms with Gasteiger partial charge >= 0.3 is 0 Å². The number of benzene rings is 1. The maximum Gasteiger partial charge on any atom is 0.241 e. The summed E-state index contributed by atoms with van der Waals surface area (Å²) in [7, 11) is 0. The zero-order chi connectivity index (χ0) is 13.7. The van der Waals surface area contributed by atoms with Gasteiger partial charge in [0, 0.05) is 6.54 Å². The average molecular weight is 261 g/mol. The van der Waals surface area contributed by atoms with Gasteiger partial charge in [-0.2, -0.15) is 0 Å². The van der Waals surface area contributed by atoms with E-state index in [4.69, 9.17) is 5.73 Å². The second-order valence-corrected chi connectivity index (χ2v) is 5.35. The predicted octanol–water partition coefficient (Wildman–Crippen LogP) is 1.11. The number of nitrogens with two attached hydrogens (primary N) is 1. The van der Waals surface area contributed by atoms with E-state index in [0.29, 0.717) is 12.5 Å². The molecular weight excluding hydrogens is 238 g/mol. The molecule has 2 rings (SSSR count). The Morgan fingerprint density at radius 3 is 2.84 bits per heavy atom. The van der Waals surface area contributed by atoms with E-state index in [1.807, 2.05) is 31.2 Å². The van der Waals surface area contributed by atoms with Crippen molar-refractivity contribution in [3.63, 3.8) is 0 Å². The smallest absolute Gasteiger partial charge is 0.241 e. The maximum atomic E-state index is 12.0. The van der Waals surface area contributed by atoms with E-state index in [1.165, 1.54) is 18.4 Å². The summed E-state index contributed by atoms with van der Waals surface area (Å²) >= 11 is 0. The number of rotatable bonds is 4. The van der Waals surface area contributed by atoms with Crippen LogP contribution in [0.4, 0.5) is 0 Å². The van der Waals surface area contributed by atoms with Crippen LogP contribution < -0.4 is 16.4 Å². The highest BCUT2D eigenvalue weighted by Gasteiger charge is 2.18. The molecule has 0 aromatic heterocycles. The quantitative estimate of drug-likeness (QED) is 0.760. The van der Waals surface area contributed by atoms with Gasteiger partial charge < -0.3 is 16.4 Å². The molecule has 19 heavy (non-hydrogen) atoms. The highest BCUT2D eigenvalue weighted by atomic mass is 16.2. The summed E-state index contributed by atoms with van der Waals surface area (Å²) in [5, 5.41) is 6.30. The van der Waals surface area contributed by atoms with E-state index >= 15 is 0 Å². The first kappa shape index (κ1) is 14.0. The Kier molecular flexibility index (Phi) is 4.93. The third kappa shape index (κ3) is 4.04. The van der Waals surface area contributed by atoms with Gasteiger partial charge in [0.15, 0.2) is 0 Å². The Balaban J connectivity index is 1.83. The Morgan fingerprint density at radius 1 is 1.47 bits per heavy atom. The SMILES string of the molecule is Cc1ccc(C(N)C(=O)NCC2CCCNC2)cc1. The van der Waals surface area contributed by atoms with Crippen LogP contribution in [0.2, 0.25) is 0 Å². The molecule has 0 spiro atoms. The van der Waals surface area contributed by atoms with Crippen LogP contribution in [0.5, 0.6) is 0 Å². The van der Waals surface area contributed by atoms with Crippen LogP contribution >= 0.6 is 0 Å². The number of hydrogen-bond acceptors (Lipinski definition) is 3. The lowest BCUT2D eigenvalue weighted by Crippen LogP contribution is -2.41. The van der Waals surface area contributed by atoms with Crippen molar-refractivity contribution in [1.29, 1.82) is 0 Å². The molecule has 1 aromatic rings. The lowest BCUT2D eigenvalue weighted by Gasteiger charge is -2.23. The summed E-state index contributed by atoms with van der Waals surface area (Å²) in [5.41, 5.74) is 8.01. The van der Waals surface area contributed by atoms with Gasteiger partial charge in [-0.25, -0.2) is 0 Å². The summed E-state index contributed by atoms with van der Waals surface area (Å²) in [5.74, 6) is 0.442. The first-order valence-electron chi connectivity index (χ1n) is 6.97. The van der Waals surface area contributed by atoms with E-state index in [2.05, 4.69) is 10.6 Å². The van der Waals surface area contributed by atoms with E-state index in [0.717, 1.165) is 18.7 Å². The van der Waals surface area contributed by atoms with Gasteiger partial charge in [-0.1, -0.05) is 29.8 Å². The lowest BCUT2D eigenvalue weighted by molar-refractivity contribution is -0.122. The molecule has 1 aromatic carbocycles. The highest BCUT2D eigenvalue weighted by Crippen LogP contribution is 2.12. The zero-order valence-corrected chi connectivity index (χ0v) is 11.5. The molecule has 0 bridgehead atoms. The molecule has 1 fully saturated rings. The molecule has 1 aliphatic rings. The second kappa shape index (κ2) is 6.68. The topological polar surface area (TPSA) is 67.2 Å². The van der Waals surface area contributed by atoms with Gasteiger partial charge in [-0.3, -0.25) is 4.79 Å². The molecule has 4 heteroatoms. The minimum absolute atomic E-state index is 0.0885. The minimum atomic E-state index is -0.572. The number of carbonyl (C=O) groups is 1. The van der Waals surface area contributed by atoms with E-state index < -0.39 is 6.04 Å². The Bertz CT molecular complexity index is 410. The summed E-state index contributed by atoms with van der Waals surface area (Å²) < 4.78 is 0. The fourth-order valence-corrected chi connectivity index (χ4v) is 2.38. The number of piperidine rings is 1. The van der Waals surface area contributed by atoms with Gasteiger partial charge in [0.05, 0.1) is 0 Å². The van der Waals surface area contributed by atoms with Crippen molar-refractivity contribution in [3.8, 4) is 0 Å². The molecule has 4 nitrogen and oxygen atoms in total. The standard InChI is InChI=1S/C15H23N3O/c1-11-4-6-13(7-5-11)14(16)15(19)18-10-12-3-2-8-17-9-12/h4-7,12,14,17H,2-3,8-10,16H2,1H3,(H,18,19). The van der Waals surface area contributed by atoms with Crippen LogP contribution in [0.1, 0.15) is 30.0 Å². The molecule has 1 amide bonds. The molecule has 1 aliphatic heterocycles. The molecule has 0 saturated carbocycles. The number of hydrogen-bond donors (Lipinski definition) is 3. The van der Waals surface area contributed by atoms with Crippen molar-refractivity contribution in [2.45, 2.75) is 25.8 Å². The fraction of sp³-hybridized carbons (Fsp3) is 0.533. The zero-order valence-electron chi connectivity index (χ0n) is 11.5. The van der Waals surface area contributed by atoms with Crippen molar-refractivity contribution in [3.05, 3.63) is 35.4 Å². The Labute approximate surface area is 114 Å². The van der Waals surface area contributed by atoms with Crippen LogP contribution in [0.3, 0.4) is 0 Å². The number of amides is 1. The monoisotopic (exact) mass is 261 g/mol. The normalized spacial score (nSPS) is 20.8. The van der Waals surface area contributed by atoms with Crippen molar-refractivity contribution >= 4 is 5.91 Å². The lowest BCUT2D eigenvalue weighted by atomic mass is 9.99. The molecule has 2 atom stereocenters. The van der Waals surface area contributed by atoms with Crippen molar-refractivity contribution in [1.82, 2.24) is 10.6 Å². The van der Waals surface area contributed by atoms with Crippen molar-refractivity contribution in [2.24, 2.45) is 11.7 Å². The van der Waals surface area contributed by atoms with Crippen LogP contribution in [-0.2, 0) is 4.79 Å². The highest BCUT2D eigenvalue weighted by molar-refractivity contribution is 5.82. The largest absolute Gasteiger partial charge is 0.354 e. The van der Waals surface area contributed by atoms with Gasteiger partial charge in [0.2, 0.25) is 5.91 Å². The molecule has 4 N–H and O–H groups in total. The molecule has 1 saturated heterocycles. The summed E-state index contributed by atoms with van der Waals surface area (Å²) in [6.45, 7) is 4.81. The molecule has 1 heterocycles. The van der Waals surface area contributed by atoms with Crippen molar-refractivity contribution in [2.75, 3.05) is 19.6 Å². The number of aryl methyl sites for hydroxylation is 1. The van der Waals surface area contributed by atoms with E-state index in [9.17, 15) is 4.79 Å². The fourth-order valence-electron chi connectivity index (χ4n) is 2.38.